The lowest BCUT2D eigenvalue weighted by Crippen LogP contribution is -2.38. The van der Waals surface area contributed by atoms with Crippen LogP contribution in [0.3, 0.4) is 0 Å². The van der Waals surface area contributed by atoms with Gasteiger partial charge in [-0.3, -0.25) is 4.68 Å². The number of nitrogens with one attached hydrogen (secondary N) is 1. The third kappa shape index (κ3) is 3.47. The lowest BCUT2D eigenvalue weighted by atomic mass is 10.1. The number of β-amino-alcohol motifs (C(OH)–C–C–N with tert-alkyl or cyclic N) is 1. The first-order valence-electron chi connectivity index (χ1n) is 4.81. The molecule has 1 aromatic heterocycles. The normalized spacial score (nSPS) is 14.4. The van der Waals surface area contributed by atoms with Gasteiger partial charge in [0.05, 0.1) is 5.69 Å². The molecule has 0 saturated heterocycles. The minimum Gasteiger partial charge on any atom is -0.385 e. The summed E-state index contributed by atoms with van der Waals surface area (Å²) in [6, 6.07) is 1.83. The van der Waals surface area contributed by atoms with Crippen LogP contribution in [0.4, 0.5) is 0 Å². The average Bonchev–Trinajstić information content (AvgIpc) is 2.46. The van der Waals surface area contributed by atoms with Crippen molar-refractivity contribution in [3.63, 3.8) is 0 Å². The molecule has 0 amide bonds. The van der Waals surface area contributed by atoms with Crippen LogP contribution in [-0.2, 0) is 7.05 Å². The van der Waals surface area contributed by atoms with E-state index in [-0.39, 0.29) is 5.54 Å². The number of nitrogens with zero attached hydrogens (tertiary/aromatic N) is 2. The molecular weight excluding hydrogens is 178 g/mol. The zero-order valence-electron chi connectivity index (χ0n) is 9.28. The van der Waals surface area contributed by atoms with Crippen LogP contribution in [0.15, 0.2) is 12.3 Å². The third-order valence-corrected chi connectivity index (χ3v) is 1.90. The second kappa shape index (κ2) is 4.11. The molecule has 0 spiro atoms. The summed E-state index contributed by atoms with van der Waals surface area (Å²) in [6.07, 6.45) is 1.30. The SMILES string of the molecule is Cn1ccc(C(O)CNC(C)(C)C)n1. The fraction of sp³-hybridized carbons (Fsp3) is 0.700. The maximum atomic E-state index is 9.76. The van der Waals surface area contributed by atoms with E-state index in [9.17, 15) is 5.11 Å². The van der Waals surface area contributed by atoms with Gasteiger partial charge in [-0.15, -0.1) is 0 Å². The Balaban J connectivity index is 2.47. The first-order chi connectivity index (χ1) is 6.38. The zero-order chi connectivity index (χ0) is 10.8. The molecule has 0 bridgehead atoms. The molecule has 1 heterocycles. The summed E-state index contributed by atoms with van der Waals surface area (Å²) in [5.74, 6) is 0. The van der Waals surface area contributed by atoms with E-state index in [1.54, 1.807) is 4.68 Å². The number of aliphatic hydroxyl groups is 1. The van der Waals surface area contributed by atoms with Gasteiger partial charge in [-0.25, -0.2) is 0 Å². The fourth-order valence-corrected chi connectivity index (χ4v) is 1.12. The predicted molar refractivity (Wildman–Crippen MR) is 55.9 cm³/mol. The van der Waals surface area contributed by atoms with Crippen LogP contribution < -0.4 is 5.32 Å². The molecule has 80 valence electrons. The van der Waals surface area contributed by atoms with Gasteiger partial charge in [0.25, 0.3) is 0 Å². The quantitative estimate of drug-likeness (QED) is 0.755. The Labute approximate surface area is 84.9 Å². The van der Waals surface area contributed by atoms with Crippen LogP contribution in [-0.4, -0.2) is 27.0 Å². The van der Waals surface area contributed by atoms with Crippen LogP contribution in [0.1, 0.15) is 32.6 Å². The van der Waals surface area contributed by atoms with Gasteiger partial charge in [0.2, 0.25) is 0 Å². The molecule has 14 heavy (non-hydrogen) atoms. The maximum absolute atomic E-state index is 9.76. The second-order valence-electron chi connectivity index (χ2n) is 4.56. The van der Waals surface area contributed by atoms with Crippen LogP contribution in [0.5, 0.6) is 0 Å². The Morgan fingerprint density at radius 2 is 2.21 bits per heavy atom. The molecule has 1 rings (SSSR count). The fourth-order valence-electron chi connectivity index (χ4n) is 1.12. The van der Waals surface area contributed by atoms with Gasteiger partial charge in [-0.2, -0.15) is 5.10 Å². The molecule has 0 fully saturated rings. The molecule has 1 aromatic rings. The standard InChI is InChI=1S/C10H19N3O/c1-10(2,3)11-7-9(14)8-5-6-13(4)12-8/h5-6,9,11,14H,7H2,1-4H3. The van der Waals surface area contributed by atoms with E-state index in [0.717, 1.165) is 0 Å². The molecule has 0 aromatic carbocycles. The highest BCUT2D eigenvalue weighted by molar-refractivity contribution is 5.03. The second-order valence-corrected chi connectivity index (χ2v) is 4.56. The number of hydrogen-bond donors (Lipinski definition) is 2. The summed E-state index contributed by atoms with van der Waals surface area (Å²) >= 11 is 0. The van der Waals surface area contributed by atoms with Crippen molar-refractivity contribution in [3.8, 4) is 0 Å². The Kier molecular flexibility index (Phi) is 3.29. The van der Waals surface area contributed by atoms with Crippen molar-refractivity contribution in [1.82, 2.24) is 15.1 Å². The monoisotopic (exact) mass is 197 g/mol. The van der Waals surface area contributed by atoms with Gasteiger partial charge in [0.1, 0.15) is 6.10 Å². The number of aryl methyl sites for hydroxylation is 1. The van der Waals surface area contributed by atoms with Crippen molar-refractivity contribution < 1.29 is 5.11 Å². The van der Waals surface area contributed by atoms with Crippen LogP contribution in [0.25, 0.3) is 0 Å². The molecule has 0 aliphatic heterocycles. The van der Waals surface area contributed by atoms with Gasteiger partial charge in [-0.05, 0) is 26.8 Å². The van der Waals surface area contributed by atoms with E-state index in [2.05, 4.69) is 31.2 Å². The molecule has 2 N–H and O–H groups in total. The number of rotatable bonds is 3. The smallest absolute Gasteiger partial charge is 0.110 e. The minimum absolute atomic E-state index is 0.0236. The van der Waals surface area contributed by atoms with E-state index in [0.29, 0.717) is 12.2 Å². The van der Waals surface area contributed by atoms with Crippen LogP contribution >= 0.6 is 0 Å². The summed E-state index contributed by atoms with van der Waals surface area (Å²) in [4.78, 5) is 0. The lowest BCUT2D eigenvalue weighted by Gasteiger charge is -2.22. The number of aromatic nitrogens is 2. The molecule has 0 radical (unpaired) electrons. The molecule has 4 nitrogen and oxygen atoms in total. The molecular formula is C10H19N3O. The van der Waals surface area contributed by atoms with Crippen molar-refractivity contribution in [2.24, 2.45) is 7.05 Å². The highest BCUT2D eigenvalue weighted by Gasteiger charge is 2.14. The predicted octanol–water partition coefficient (Wildman–Crippen LogP) is 0.842. The van der Waals surface area contributed by atoms with Crippen molar-refractivity contribution >= 4 is 0 Å². The Bertz CT molecular complexity index is 288. The maximum Gasteiger partial charge on any atom is 0.110 e. The number of hydrogen-bond acceptors (Lipinski definition) is 3. The first kappa shape index (κ1) is 11.2. The van der Waals surface area contributed by atoms with E-state index in [1.165, 1.54) is 0 Å². The van der Waals surface area contributed by atoms with Crippen LogP contribution in [0.2, 0.25) is 0 Å². The van der Waals surface area contributed by atoms with Gasteiger partial charge in [0.15, 0.2) is 0 Å². The van der Waals surface area contributed by atoms with E-state index >= 15 is 0 Å². The minimum atomic E-state index is -0.532. The van der Waals surface area contributed by atoms with Crippen LogP contribution in [0, 0.1) is 0 Å². The van der Waals surface area contributed by atoms with Crippen molar-refractivity contribution in [3.05, 3.63) is 18.0 Å². The van der Waals surface area contributed by atoms with E-state index in [1.807, 2.05) is 19.3 Å². The summed E-state index contributed by atoms with van der Waals surface area (Å²) < 4.78 is 1.69. The van der Waals surface area contributed by atoms with Crippen molar-refractivity contribution in [1.29, 1.82) is 0 Å². The Morgan fingerprint density at radius 1 is 1.57 bits per heavy atom. The summed E-state index contributed by atoms with van der Waals surface area (Å²) in [5, 5.41) is 17.1. The van der Waals surface area contributed by atoms with Gasteiger partial charge < -0.3 is 10.4 Å². The van der Waals surface area contributed by atoms with E-state index in [4.69, 9.17) is 0 Å². The first-order valence-corrected chi connectivity index (χ1v) is 4.81. The Morgan fingerprint density at radius 3 is 2.64 bits per heavy atom. The highest BCUT2D eigenvalue weighted by atomic mass is 16.3. The van der Waals surface area contributed by atoms with Gasteiger partial charge in [-0.1, -0.05) is 0 Å². The molecule has 1 unspecified atom stereocenters. The third-order valence-electron chi connectivity index (χ3n) is 1.90. The lowest BCUT2D eigenvalue weighted by molar-refractivity contribution is 0.158. The zero-order valence-corrected chi connectivity index (χ0v) is 9.28. The van der Waals surface area contributed by atoms with E-state index < -0.39 is 6.10 Å². The topological polar surface area (TPSA) is 50.1 Å². The molecule has 0 aliphatic carbocycles. The molecule has 0 aliphatic rings. The van der Waals surface area contributed by atoms with Gasteiger partial charge in [0, 0.05) is 25.3 Å². The summed E-state index contributed by atoms with van der Waals surface area (Å²) in [7, 11) is 1.84. The average molecular weight is 197 g/mol. The Hall–Kier alpha value is -0.870. The number of aliphatic hydroxyl groups excluding tert-OH is 1. The molecule has 4 heteroatoms. The highest BCUT2D eigenvalue weighted by Crippen LogP contribution is 2.09. The summed E-state index contributed by atoms with van der Waals surface area (Å²) in [6.45, 7) is 6.73. The van der Waals surface area contributed by atoms with Crippen molar-refractivity contribution in [2.45, 2.75) is 32.4 Å². The molecule has 1 atom stereocenters. The molecule has 0 saturated carbocycles. The summed E-state index contributed by atoms with van der Waals surface area (Å²) in [5.41, 5.74) is 0.736. The van der Waals surface area contributed by atoms with Crippen molar-refractivity contribution in [2.75, 3.05) is 6.54 Å². The van der Waals surface area contributed by atoms with Gasteiger partial charge >= 0.3 is 0 Å². The largest absolute Gasteiger partial charge is 0.385 e.